The second-order valence-electron chi connectivity index (χ2n) is 3.17. The maximum absolute atomic E-state index is 10.6. The van der Waals surface area contributed by atoms with Crippen LogP contribution in [0, 0.1) is 0 Å². The number of carboxylic acids is 1. The smallest absolute Gasteiger partial charge is 0.304 e. The van der Waals surface area contributed by atoms with Gasteiger partial charge in [-0.3, -0.25) is 4.79 Å². The van der Waals surface area contributed by atoms with Gasteiger partial charge in [0, 0.05) is 23.5 Å². The Balaban J connectivity index is 2.87. The summed E-state index contributed by atoms with van der Waals surface area (Å²) in [5.74, 6) is -0.844. The number of carbonyl (C=O) groups is 1. The van der Waals surface area contributed by atoms with Gasteiger partial charge < -0.3 is 10.8 Å². The minimum Gasteiger partial charge on any atom is -0.481 e. The number of nitrogens with two attached hydrogens (primary N) is 1. The van der Waals surface area contributed by atoms with Crippen molar-refractivity contribution in [1.29, 1.82) is 0 Å². The highest BCUT2D eigenvalue weighted by Crippen LogP contribution is 2.27. The van der Waals surface area contributed by atoms with Gasteiger partial charge in [0.2, 0.25) is 0 Å². The third kappa shape index (κ3) is 2.26. The number of hydrogen-bond donors (Lipinski definition) is 2. The van der Waals surface area contributed by atoms with Crippen LogP contribution in [0.25, 0.3) is 0 Å². The van der Waals surface area contributed by atoms with Crippen LogP contribution in [-0.4, -0.2) is 22.6 Å². The lowest BCUT2D eigenvalue weighted by Crippen LogP contribution is -2.34. The molecule has 1 aromatic heterocycles. The van der Waals surface area contributed by atoms with E-state index in [4.69, 9.17) is 10.8 Å². The molecule has 0 radical (unpaired) electrons. The van der Waals surface area contributed by atoms with Crippen LogP contribution in [0.3, 0.4) is 0 Å². The molecule has 0 aliphatic carbocycles. The first-order valence-electron chi connectivity index (χ1n) is 3.90. The quantitative estimate of drug-likeness (QED) is 0.755. The lowest BCUT2D eigenvalue weighted by molar-refractivity contribution is -0.138. The van der Waals surface area contributed by atoms with Crippen LogP contribution < -0.4 is 5.73 Å². The fourth-order valence-electron chi connectivity index (χ4n) is 1.09. The van der Waals surface area contributed by atoms with Gasteiger partial charge in [-0.05, 0) is 0 Å². The summed E-state index contributed by atoms with van der Waals surface area (Å²) >= 11 is 1.44. The molecule has 1 atom stereocenters. The standard InChI is InChI=1S/C8H12N2O2S/c1-8(5-9,4-6(11)12)7-10-2-3-13-7/h2-3H,4-5,9H2,1H3,(H,11,12). The van der Waals surface area contributed by atoms with Crippen LogP contribution in [0.15, 0.2) is 11.6 Å². The Morgan fingerprint density at radius 1 is 1.85 bits per heavy atom. The Morgan fingerprint density at radius 2 is 2.54 bits per heavy atom. The molecule has 0 amide bonds. The molecule has 13 heavy (non-hydrogen) atoms. The van der Waals surface area contributed by atoms with Crippen molar-refractivity contribution in [1.82, 2.24) is 4.98 Å². The van der Waals surface area contributed by atoms with E-state index in [1.54, 1.807) is 6.20 Å². The highest BCUT2D eigenvalue weighted by atomic mass is 32.1. The zero-order valence-electron chi connectivity index (χ0n) is 7.36. The molecule has 5 heteroatoms. The molecule has 1 aromatic rings. The number of hydrogen-bond acceptors (Lipinski definition) is 4. The minimum absolute atomic E-state index is 0.0248. The molecule has 0 aromatic carbocycles. The number of thiazole rings is 1. The van der Waals surface area contributed by atoms with Crippen molar-refractivity contribution in [2.45, 2.75) is 18.8 Å². The fraction of sp³-hybridized carbons (Fsp3) is 0.500. The number of nitrogens with zero attached hydrogens (tertiary/aromatic N) is 1. The maximum Gasteiger partial charge on any atom is 0.304 e. The van der Waals surface area contributed by atoms with E-state index in [1.807, 2.05) is 12.3 Å². The van der Waals surface area contributed by atoms with E-state index in [0.717, 1.165) is 5.01 Å². The molecule has 4 nitrogen and oxygen atoms in total. The number of carboxylic acid groups (broad SMARTS) is 1. The van der Waals surface area contributed by atoms with Gasteiger partial charge in [0.05, 0.1) is 6.42 Å². The number of rotatable bonds is 4. The minimum atomic E-state index is -0.844. The van der Waals surface area contributed by atoms with Crippen molar-refractivity contribution in [3.63, 3.8) is 0 Å². The summed E-state index contributed by atoms with van der Waals surface area (Å²) in [6.45, 7) is 2.12. The van der Waals surface area contributed by atoms with Gasteiger partial charge in [0.15, 0.2) is 0 Å². The van der Waals surface area contributed by atoms with Crippen molar-refractivity contribution in [2.75, 3.05) is 6.54 Å². The van der Waals surface area contributed by atoms with Gasteiger partial charge in [-0.25, -0.2) is 4.98 Å². The molecule has 3 N–H and O–H groups in total. The first-order chi connectivity index (χ1) is 6.08. The van der Waals surface area contributed by atoms with E-state index in [0.29, 0.717) is 6.54 Å². The third-order valence-corrected chi connectivity index (χ3v) is 3.02. The molecule has 0 saturated heterocycles. The Morgan fingerprint density at radius 3 is 2.92 bits per heavy atom. The normalized spacial score (nSPS) is 15.2. The SMILES string of the molecule is CC(CN)(CC(=O)O)c1nccs1. The van der Waals surface area contributed by atoms with Crippen LogP contribution in [0.4, 0.5) is 0 Å². The summed E-state index contributed by atoms with van der Waals surface area (Å²) in [6, 6.07) is 0. The van der Waals surface area contributed by atoms with Gasteiger partial charge >= 0.3 is 5.97 Å². The molecular weight excluding hydrogens is 188 g/mol. The van der Waals surface area contributed by atoms with Crippen molar-refractivity contribution in [3.05, 3.63) is 16.6 Å². The first kappa shape index (κ1) is 10.1. The average Bonchev–Trinajstić information content (AvgIpc) is 2.55. The van der Waals surface area contributed by atoms with E-state index in [-0.39, 0.29) is 6.42 Å². The molecule has 72 valence electrons. The van der Waals surface area contributed by atoms with Gasteiger partial charge in [-0.2, -0.15) is 0 Å². The van der Waals surface area contributed by atoms with Crippen LogP contribution in [-0.2, 0) is 10.2 Å². The van der Waals surface area contributed by atoms with Crippen LogP contribution in [0.5, 0.6) is 0 Å². The molecular formula is C8H12N2O2S. The lowest BCUT2D eigenvalue weighted by atomic mass is 9.88. The van der Waals surface area contributed by atoms with Gasteiger partial charge in [-0.1, -0.05) is 6.92 Å². The molecule has 0 spiro atoms. The first-order valence-corrected chi connectivity index (χ1v) is 4.78. The third-order valence-electron chi connectivity index (χ3n) is 1.94. The van der Waals surface area contributed by atoms with Crippen LogP contribution >= 0.6 is 11.3 Å². The maximum atomic E-state index is 10.6. The number of aromatic nitrogens is 1. The van der Waals surface area contributed by atoms with Crippen molar-refractivity contribution in [3.8, 4) is 0 Å². The Bertz CT molecular complexity index is 286. The molecule has 1 unspecified atom stereocenters. The zero-order chi connectivity index (χ0) is 9.90. The van der Waals surface area contributed by atoms with Crippen LogP contribution in [0.2, 0.25) is 0 Å². The average molecular weight is 200 g/mol. The van der Waals surface area contributed by atoms with Gasteiger partial charge in [-0.15, -0.1) is 11.3 Å². The Labute approximate surface area is 80.4 Å². The van der Waals surface area contributed by atoms with E-state index in [1.165, 1.54) is 11.3 Å². The second kappa shape index (κ2) is 3.85. The van der Waals surface area contributed by atoms with Crippen molar-refractivity contribution in [2.24, 2.45) is 5.73 Å². The largest absolute Gasteiger partial charge is 0.481 e. The molecule has 0 saturated carbocycles. The summed E-state index contributed by atoms with van der Waals surface area (Å²) in [6.07, 6.45) is 1.69. The van der Waals surface area contributed by atoms with Crippen LogP contribution in [0.1, 0.15) is 18.4 Å². The summed E-state index contributed by atoms with van der Waals surface area (Å²) in [5, 5.41) is 11.3. The van der Waals surface area contributed by atoms with E-state index in [2.05, 4.69) is 4.98 Å². The number of aliphatic carboxylic acids is 1. The fourth-order valence-corrected chi connectivity index (χ4v) is 1.90. The summed E-state index contributed by atoms with van der Waals surface area (Å²) in [5.41, 5.74) is 5.02. The van der Waals surface area contributed by atoms with E-state index >= 15 is 0 Å². The second-order valence-corrected chi connectivity index (χ2v) is 4.07. The zero-order valence-corrected chi connectivity index (χ0v) is 8.17. The highest BCUT2D eigenvalue weighted by molar-refractivity contribution is 7.09. The summed E-state index contributed by atoms with van der Waals surface area (Å²) in [7, 11) is 0. The predicted octanol–water partition coefficient (Wildman–Crippen LogP) is 0.834. The Hall–Kier alpha value is -0.940. The highest BCUT2D eigenvalue weighted by Gasteiger charge is 2.30. The van der Waals surface area contributed by atoms with Gasteiger partial charge in [0.25, 0.3) is 0 Å². The molecule has 0 aliphatic heterocycles. The molecule has 1 rings (SSSR count). The molecule has 1 heterocycles. The summed E-state index contributed by atoms with van der Waals surface area (Å²) < 4.78 is 0. The van der Waals surface area contributed by atoms with Crippen molar-refractivity contribution >= 4 is 17.3 Å². The summed E-state index contributed by atoms with van der Waals surface area (Å²) in [4.78, 5) is 14.7. The molecule has 0 aliphatic rings. The topological polar surface area (TPSA) is 76.2 Å². The molecule has 0 fully saturated rings. The monoisotopic (exact) mass is 200 g/mol. The van der Waals surface area contributed by atoms with E-state index in [9.17, 15) is 4.79 Å². The van der Waals surface area contributed by atoms with Crippen molar-refractivity contribution < 1.29 is 9.90 Å². The Kier molecular flexibility index (Phi) is 3.00. The van der Waals surface area contributed by atoms with Gasteiger partial charge in [0.1, 0.15) is 5.01 Å². The lowest BCUT2D eigenvalue weighted by Gasteiger charge is -2.22. The molecule has 0 bridgehead atoms. The predicted molar refractivity (Wildman–Crippen MR) is 50.8 cm³/mol. The van der Waals surface area contributed by atoms with E-state index < -0.39 is 11.4 Å².